The van der Waals surface area contributed by atoms with Crippen molar-refractivity contribution in [2.24, 2.45) is 5.92 Å². The third kappa shape index (κ3) is 4.17. The molecule has 0 bridgehead atoms. The minimum Gasteiger partial charge on any atom is -0.407 e. The molecule has 0 fully saturated rings. The smallest absolute Gasteiger partial charge is 0.261 e. The quantitative estimate of drug-likeness (QED) is 0.408. The summed E-state index contributed by atoms with van der Waals surface area (Å²) in [6.45, 7) is 11.1. The number of hydrogen-bond acceptors (Lipinski definition) is 2. The van der Waals surface area contributed by atoms with Gasteiger partial charge < -0.3 is 9.22 Å². The second-order valence-electron chi connectivity index (χ2n) is 7.37. The predicted octanol–water partition coefficient (Wildman–Crippen LogP) is 3.95. The van der Waals surface area contributed by atoms with E-state index in [1.54, 1.807) is 0 Å². The van der Waals surface area contributed by atoms with Crippen LogP contribution in [0.3, 0.4) is 0 Å². The number of rotatable bonds is 8. The van der Waals surface area contributed by atoms with E-state index >= 15 is 0 Å². The molecule has 132 valence electrons. The number of carbonyl (C=O) groups is 1. The molecule has 0 saturated carbocycles. The molecule has 2 aromatic rings. The molecule has 0 aliphatic rings. The van der Waals surface area contributed by atoms with Crippen molar-refractivity contribution in [3.8, 4) is 0 Å². The summed E-state index contributed by atoms with van der Waals surface area (Å²) >= 11 is 0. The molecule has 0 unspecified atom stereocenters. The molecule has 0 aliphatic carbocycles. The number of aldehydes is 1. The normalized spacial score (nSPS) is 13.2. The van der Waals surface area contributed by atoms with Gasteiger partial charge in [-0.25, -0.2) is 0 Å². The maximum Gasteiger partial charge on any atom is 0.261 e. The summed E-state index contributed by atoms with van der Waals surface area (Å²) in [6.07, 6.45) is 3.22. The molecule has 0 N–H and O–H groups in total. The second kappa shape index (κ2) is 8.41. The van der Waals surface area contributed by atoms with Crippen LogP contribution in [0.1, 0.15) is 27.2 Å². The maximum atomic E-state index is 10.9. The van der Waals surface area contributed by atoms with E-state index in [9.17, 15) is 4.79 Å². The Hall–Kier alpha value is -1.97. The molecule has 0 radical (unpaired) electrons. The number of hydrogen-bond donors (Lipinski definition) is 0. The van der Waals surface area contributed by atoms with Gasteiger partial charge in [-0.15, -0.1) is 6.58 Å². The summed E-state index contributed by atoms with van der Waals surface area (Å²) in [4.78, 5) is 10.9. The zero-order chi connectivity index (χ0) is 18.3. The first-order valence-electron chi connectivity index (χ1n) is 8.77. The monoisotopic (exact) mass is 352 g/mol. The van der Waals surface area contributed by atoms with Crippen molar-refractivity contribution in [3.63, 3.8) is 0 Å². The van der Waals surface area contributed by atoms with Gasteiger partial charge in [0.05, 0.1) is 0 Å². The lowest BCUT2D eigenvalue weighted by atomic mass is 10.1. The highest BCUT2D eigenvalue weighted by molar-refractivity contribution is 6.99. The molecule has 0 spiro atoms. The van der Waals surface area contributed by atoms with Gasteiger partial charge in [0, 0.05) is 18.9 Å². The van der Waals surface area contributed by atoms with E-state index in [0.717, 1.165) is 6.29 Å². The molecule has 2 rings (SSSR count). The van der Waals surface area contributed by atoms with E-state index < -0.39 is 8.32 Å². The molecule has 0 heterocycles. The van der Waals surface area contributed by atoms with Gasteiger partial charge in [0.2, 0.25) is 0 Å². The molecule has 0 aliphatic heterocycles. The molecule has 25 heavy (non-hydrogen) atoms. The summed E-state index contributed by atoms with van der Waals surface area (Å²) in [6, 6.07) is 21.1. The standard InChI is InChI=1S/C22H28O2Si/c1-5-19(16-17-23)18-24-25(22(2,3)4,20-12-8-6-9-13-20)21-14-10-7-11-15-21/h5-15,17,19H,1,16,18H2,2-4H3/t19-/m1/s1. The summed E-state index contributed by atoms with van der Waals surface area (Å²) < 4.78 is 6.78. The van der Waals surface area contributed by atoms with Crippen LogP contribution in [0.5, 0.6) is 0 Å². The lowest BCUT2D eigenvalue weighted by Gasteiger charge is -2.43. The van der Waals surface area contributed by atoms with Gasteiger partial charge in [-0.1, -0.05) is 87.5 Å². The molecular weight excluding hydrogens is 324 g/mol. The van der Waals surface area contributed by atoms with E-state index in [1.165, 1.54) is 10.4 Å². The topological polar surface area (TPSA) is 26.3 Å². The van der Waals surface area contributed by atoms with E-state index in [0.29, 0.717) is 13.0 Å². The number of carbonyl (C=O) groups excluding carboxylic acids is 1. The third-order valence-electron chi connectivity index (χ3n) is 4.66. The molecule has 0 aromatic heterocycles. The minimum atomic E-state index is -2.52. The summed E-state index contributed by atoms with van der Waals surface area (Å²) in [5.74, 6) is 0.0409. The Morgan fingerprint density at radius 3 is 1.84 bits per heavy atom. The van der Waals surface area contributed by atoms with Crippen LogP contribution in [0, 0.1) is 5.92 Å². The van der Waals surface area contributed by atoms with Crippen molar-refractivity contribution in [2.45, 2.75) is 32.2 Å². The Bertz CT molecular complexity index is 635. The van der Waals surface area contributed by atoms with E-state index in [-0.39, 0.29) is 11.0 Å². The first-order chi connectivity index (χ1) is 12.0. The fourth-order valence-corrected chi connectivity index (χ4v) is 7.97. The van der Waals surface area contributed by atoms with Crippen molar-refractivity contribution >= 4 is 25.0 Å². The van der Waals surface area contributed by atoms with Crippen LogP contribution in [0.15, 0.2) is 73.3 Å². The molecular formula is C22H28O2Si. The van der Waals surface area contributed by atoms with Gasteiger partial charge in [-0.05, 0) is 15.4 Å². The van der Waals surface area contributed by atoms with Gasteiger partial charge >= 0.3 is 0 Å². The summed E-state index contributed by atoms with van der Waals surface area (Å²) in [7, 11) is -2.52. The van der Waals surface area contributed by atoms with E-state index in [2.05, 4.69) is 75.9 Å². The third-order valence-corrected chi connectivity index (χ3v) is 9.67. The van der Waals surface area contributed by atoms with Crippen LogP contribution in [0.2, 0.25) is 5.04 Å². The lowest BCUT2D eigenvalue weighted by molar-refractivity contribution is -0.108. The molecule has 2 aromatic carbocycles. The Morgan fingerprint density at radius 2 is 1.48 bits per heavy atom. The van der Waals surface area contributed by atoms with Gasteiger partial charge in [0.15, 0.2) is 0 Å². The van der Waals surface area contributed by atoms with Gasteiger partial charge in [0.1, 0.15) is 6.29 Å². The fourth-order valence-electron chi connectivity index (χ4n) is 3.35. The highest BCUT2D eigenvalue weighted by Crippen LogP contribution is 2.37. The van der Waals surface area contributed by atoms with Gasteiger partial charge in [0.25, 0.3) is 8.32 Å². The Kier molecular flexibility index (Phi) is 6.51. The van der Waals surface area contributed by atoms with Gasteiger partial charge in [-0.3, -0.25) is 0 Å². The zero-order valence-corrected chi connectivity index (χ0v) is 16.4. The first-order valence-corrected chi connectivity index (χ1v) is 10.7. The molecule has 0 amide bonds. The van der Waals surface area contributed by atoms with Gasteiger partial charge in [-0.2, -0.15) is 0 Å². The number of benzene rings is 2. The zero-order valence-electron chi connectivity index (χ0n) is 15.4. The average molecular weight is 353 g/mol. The maximum absolute atomic E-state index is 10.9. The molecule has 0 saturated heterocycles. The SMILES string of the molecule is C=C[C@H](CC=O)CO[Si](c1ccccc1)(c1ccccc1)C(C)(C)C. The minimum absolute atomic E-state index is 0.0409. The second-order valence-corrected chi connectivity index (χ2v) is 11.7. The predicted molar refractivity (Wildman–Crippen MR) is 108 cm³/mol. The Balaban J connectivity index is 2.56. The van der Waals surface area contributed by atoms with Crippen LogP contribution < -0.4 is 10.4 Å². The molecule has 2 nitrogen and oxygen atoms in total. The van der Waals surface area contributed by atoms with Crippen molar-refractivity contribution in [1.29, 1.82) is 0 Å². The van der Waals surface area contributed by atoms with Crippen LogP contribution in [0.25, 0.3) is 0 Å². The van der Waals surface area contributed by atoms with Crippen LogP contribution in [-0.2, 0) is 9.22 Å². The highest BCUT2D eigenvalue weighted by Gasteiger charge is 2.50. The fraction of sp³-hybridized carbons (Fsp3) is 0.318. The van der Waals surface area contributed by atoms with E-state index in [4.69, 9.17) is 4.43 Å². The largest absolute Gasteiger partial charge is 0.407 e. The van der Waals surface area contributed by atoms with Crippen LogP contribution in [0.4, 0.5) is 0 Å². The van der Waals surface area contributed by atoms with E-state index in [1.807, 2.05) is 18.2 Å². The Morgan fingerprint density at radius 1 is 1.00 bits per heavy atom. The summed E-state index contributed by atoms with van der Waals surface area (Å²) in [5, 5.41) is 2.45. The molecule has 3 heteroatoms. The van der Waals surface area contributed by atoms with Crippen molar-refractivity contribution < 1.29 is 9.22 Å². The lowest BCUT2D eigenvalue weighted by Crippen LogP contribution is -2.66. The van der Waals surface area contributed by atoms with Crippen LogP contribution >= 0.6 is 0 Å². The first kappa shape index (κ1) is 19.4. The highest BCUT2D eigenvalue weighted by atomic mass is 28.4. The molecule has 1 atom stereocenters. The van der Waals surface area contributed by atoms with Crippen molar-refractivity contribution in [3.05, 3.63) is 73.3 Å². The van der Waals surface area contributed by atoms with Crippen molar-refractivity contribution in [2.75, 3.05) is 6.61 Å². The van der Waals surface area contributed by atoms with Crippen molar-refractivity contribution in [1.82, 2.24) is 0 Å². The average Bonchev–Trinajstić information content (AvgIpc) is 2.62. The Labute approximate surface area is 152 Å². The summed E-state index contributed by atoms with van der Waals surface area (Å²) in [5.41, 5.74) is 0. The van der Waals surface area contributed by atoms with Crippen LogP contribution in [-0.4, -0.2) is 21.2 Å².